The van der Waals surface area contributed by atoms with Gasteiger partial charge in [0, 0.05) is 29.1 Å². The summed E-state index contributed by atoms with van der Waals surface area (Å²) in [5.74, 6) is -0.0634. The molecular weight excluding hydrogens is 436 g/mol. The van der Waals surface area contributed by atoms with Crippen LogP contribution in [0.3, 0.4) is 0 Å². The molecule has 0 aliphatic carbocycles. The zero-order valence-electron chi connectivity index (χ0n) is 20.5. The first kappa shape index (κ1) is 24.0. The maximum atomic E-state index is 13.2. The molecule has 4 aromatic rings. The number of aromatic nitrogens is 2. The van der Waals surface area contributed by atoms with Crippen molar-refractivity contribution in [2.45, 2.75) is 33.7 Å². The Hall–Kier alpha value is -4.19. The quantitative estimate of drug-likeness (QED) is 0.383. The molecule has 178 valence electrons. The van der Waals surface area contributed by atoms with E-state index >= 15 is 0 Å². The van der Waals surface area contributed by atoms with Gasteiger partial charge in [-0.1, -0.05) is 60.7 Å². The van der Waals surface area contributed by atoms with E-state index in [1.165, 1.54) is 0 Å². The molecule has 0 unspecified atom stereocenters. The average molecular weight is 467 g/mol. The predicted molar refractivity (Wildman–Crippen MR) is 140 cm³/mol. The molecule has 0 aliphatic heterocycles. The number of amides is 2. The van der Waals surface area contributed by atoms with Gasteiger partial charge in [0.2, 0.25) is 11.9 Å². The molecule has 0 saturated heterocycles. The van der Waals surface area contributed by atoms with E-state index in [1.807, 2.05) is 111 Å². The topological polar surface area (TPSA) is 67.2 Å². The van der Waals surface area contributed by atoms with Crippen molar-refractivity contribution in [1.29, 1.82) is 0 Å². The molecule has 0 saturated carbocycles. The standard InChI is InChI=1S/C29H30N4O2/c1-20(2)32(28(35)25-16-9-8-12-22(25)4)19-27(34)31-29-30-26(23-13-6-5-7-14-23)18-33(29)24-15-10-11-21(3)17-24/h5-18,20H,19H2,1-4H3,(H,30,31,34). The van der Waals surface area contributed by atoms with Gasteiger partial charge in [0.1, 0.15) is 6.54 Å². The van der Waals surface area contributed by atoms with E-state index in [1.54, 1.807) is 11.0 Å². The minimum atomic E-state index is -0.306. The van der Waals surface area contributed by atoms with E-state index in [0.717, 1.165) is 28.1 Å². The molecule has 4 rings (SSSR count). The first-order valence-corrected chi connectivity index (χ1v) is 11.7. The highest BCUT2D eigenvalue weighted by Gasteiger charge is 2.24. The number of hydrogen-bond donors (Lipinski definition) is 1. The van der Waals surface area contributed by atoms with E-state index in [2.05, 4.69) is 5.32 Å². The minimum absolute atomic E-state index is 0.0772. The molecule has 0 bridgehead atoms. The lowest BCUT2D eigenvalue weighted by atomic mass is 10.1. The highest BCUT2D eigenvalue weighted by molar-refractivity contribution is 6.00. The summed E-state index contributed by atoms with van der Waals surface area (Å²) in [6, 6.07) is 25.1. The van der Waals surface area contributed by atoms with Crippen LogP contribution >= 0.6 is 0 Å². The molecule has 0 atom stereocenters. The van der Waals surface area contributed by atoms with Crippen molar-refractivity contribution >= 4 is 17.8 Å². The summed E-state index contributed by atoms with van der Waals surface area (Å²) >= 11 is 0. The summed E-state index contributed by atoms with van der Waals surface area (Å²) in [7, 11) is 0. The molecular formula is C29H30N4O2. The van der Waals surface area contributed by atoms with Crippen molar-refractivity contribution in [3.63, 3.8) is 0 Å². The second-order valence-corrected chi connectivity index (χ2v) is 8.91. The van der Waals surface area contributed by atoms with Gasteiger partial charge in [-0.15, -0.1) is 0 Å². The van der Waals surface area contributed by atoms with Crippen LogP contribution in [0.1, 0.15) is 35.3 Å². The molecule has 35 heavy (non-hydrogen) atoms. The van der Waals surface area contributed by atoms with Crippen LogP contribution < -0.4 is 5.32 Å². The van der Waals surface area contributed by atoms with Crippen LogP contribution in [0.2, 0.25) is 0 Å². The lowest BCUT2D eigenvalue weighted by Gasteiger charge is -2.26. The molecule has 1 N–H and O–H groups in total. The second-order valence-electron chi connectivity index (χ2n) is 8.91. The number of hydrogen-bond acceptors (Lipinski definition) is 3. The molecule has 0 aliphatic rings. The zero-order chi connectivity index (χ0) is 24.9. The maximum Gasteiger partial charge on any atom is 0.254 e. The number of rotatable bonds is 7. The number of carbonyl (C=O) groups is 2. The van der Waals surface area contributed by atoms with Crippen LogP contribution in [0.4, 0.5) is 5.95 Å². The summed E-state index contributed by atoms with van der Waals surface area (Å²) in [6.45, 7) is 7.66. The second kappa shape index (κ2) is 10.4. The lowest BCUT2D eigenvalue weighted by molar-refractivity contribution is -0.117. The molecule has 0 spiro atoms. The highest BCUT2D eigenvalue weighted by Crippen LogP contribution is 2.25. The third-order valence-electron chi connectivity index (χ3n) is 5.88. The third kappa shape index (κ3) is 5.49. The summed E-state index contributed by atoms with van der Waals surface area (Å²) in [5, 5.41) is 2.94. The molecule has 0 fully saturated rings. The van der Waals surface area contributed by atoms with Crippen LogP contribution in [-0.2, 0) is 4.79 Å². The van der Waals surface area contributed by atoms with Crippen LogP contribution in [0.5, 0.6) is 0 Å². The largest absolute Gasteiger partial charge is 0.327 e. The summed E-state index contributed by atoms with van der Waals surface area (Å²) < 4.78 is 1.87. The normalized spacial score (nSPS) is 10.9. The van der Waals surface area contributed by atoms with Gasteiger partial charge >= 0.3 is 0 Å². The van der Waals surface area contributed by atoms with E-state index in [0.29, 0.717) is 11.5 Å². The average Bonchev–Trinajstić information content (AvgIpc) is 3.26. The third-order valence-corrected chi connectivity index (χ3v) is 5.88. The van der Waals surface area contributed by atoms with Gasteiger partial charge in [-0.3, -0.25) is 19.5 Å². The Bertz CT molecular complexity index is 1340. The van der Waals surface area contributed by atoms with Crippen LogP contribution in [0, 0.1) is 13.8 Å². The molecule has 0 radical (unpaired) electrons. The van der Waals surface area contributed by atoms with Crippen molar-refractivity contribution in [1.82, 2.24) is 14.5 Å². The molecule has 1 heterocycles. The Morgan fingerprint density at radius 1 is 0.943 bits per heavy atom. The Morgan fingerprint density at radius 3 is 2.34 bits per heavy atom. The summed E-state index contributed by atoms with van der Waals surface area (Å²) in [5.41, 5.74) is 5.18. The molecule has 6 nitrogen and oxygen atoms in total. The number of nitrogens with zero attached hydrogens (tertiary/aromatic N) is 3. The predicted octanol–water partition coefficient (Wildman–Crippen LogP) is 5.65. The smallest absolute Gasteiger partial charge is 0.254 e. The van der Waals surface area contributed by atoms with Crippen molar-refractivity contribution in [2.24, 2.45) is 0 Å². The van der Waals surface area contributed by atoms with E-state index < -0.39 is 0 Å². The Labute approximate surface area is 206 Å². The summed E-state index contributed by atoms with van der Waals surface area (Å²) in [4.78, 5) is 32.7. The molecule has 1 aromatic heterocycles. The fourth-order valence-electron chi connectivity index (χ4n) is 3.97. The maximum absolute atomic E-state index is 13.2. The number of anilines is 1. The van der Waals surface area contributed by atoms with Gasteiger partial charge in [-0.25, -0.2) is 4.98 Å². The van der Waals surface area contributed by atoms with Crippen molar-refractivity contribution in [3.8, 4) is 16.9 Å². The Kier molecular flexibility index (Phi) is 7.11. The fraction of sp³-hybridized carbons (Fsp3) is 0.207. The van der Waals surface area contributed by atoms with Crippen molar-refractivity contribution < 1.29 is 9.59 Å². The van der Waals surface area contributed by atoms with Crippen LogP contribution in [0.25, 0.3) is 16.9 Å². The minimum Gasteiger partial charge on any atom is -0.327 e. The van der Waals surface area contributed by atoms with Crippen LogP contribution in [-0.4, -0.2) is 38.9 Å². The van der Waals surface area contributed by atoms with E-state index in [4.69, 9.17) is 4.98 Å². The Balaban J connectivity index is 1.63. The lowest BCUT2D eigenvalue weighted by Crippen LogP contribution is -2.42. The molecule has 6 heteroatoms. The van der Waals surface area contributed by atoms with Crippen molar-refractivity contribution in [2.75, 3.05) is 11.9 Å². The number of carbonyl (C=O) groups excluding carboxylic acids is 2. The van der Waals surface area contributed by atoms with Gasteiger partial charge in [-0.05, 0) is 57.0 Å². The molecule has 3 aromatic carbocycles. The van der Waals surface area contributed by atoms with Gasteiger partial charge in [0.25, 0.3) is 5.91 Å². The first-order chi connectivity index (χ1) is 16.8. The zero-order valence-corrected chi connectivity index (χ0v) is 20.5. The van der Waals surface area contributed by atoms with Gasteiger partial charge in [0.15, 0.2) is 0 Å². The van der Waals surface area contributed by atoms with E-state index in [-0.39, 0.29) is 24.4 Å². The van der Waals surface area contributed by atoms with Crippen LogP contribution in [0.15, 0.2) is 85.1 Å². The fourth-order valence-corrected chi connectivity index (χ4v) is 3.97. The first-order valence-electron chi connectivity index (χ1n) is 11.7. The van der Waals surface area contributed by atoms with E-state index in [9.17, 15) is 9.59 Å². The number of aryl methyl sites for hydroxylation is 2. The Morgan fingerprint density at radius 2 is 1.66 bits per heavy atom. The van der Waals surface area contributed by atoms with Gasteiger partial charge < -0.3 is 4.90 Å². The monoisotopic (exact) mass is 466 g/mol. The number of imidazole rings is 1. The SMILES string of the molecule is Cc1cccc(-n2cc(-c3ccccc3)nc2NC(=O)CN(C(=O)c2ccccc2C)C(C)C)c1. The van der Waals surface area contributed by atoms with Gasteiger partial charge in [0.05, 0.1) is 5.69 Å². The van der Waals surface area contributed by atoms with Gasteiger partial charge in [-0.2, -0.15) is 0 Å². The molecule has 2 amide bonds. The summed E-state index contributed by atoms with van der Waals surface area (Å²) in [6.07, 6.45) is 1.92. The van der Waals surface area contributed by atoms with Crippen molar-refractivity contribution in [3.05, 3.63) is 102 Å². The number of nitrogens with one attached hydrogen (secondary N) is 1. The highest BCUT2D eigenvalue weighted by atomic mass is 16.2. The number of benzene rings is 3.